The van der Waals surface area contributed by atoms with Gasteiger partial charge in [0, 0.05) is 37.0 Å². The normalized spacial score (nSPS) is 20.4. The number of pyridine rings is 1. The minimum atomic E-state index is -1.18. The number of amides is 2. The number of benzene rings is 1. The fraction of sp³-hybridized carbons (Fsp3) is 0.615. The zero-order valence-corrected chi connectivity index (χ0v) is 31.1. The van der Waals surface area contributed by atoms with Crippen molar-refractivity contribution in [2.45, 2.75) is 134 Å². The monoisotopic (exact) mass is 742 g/mol. The summed E-state index contributed by atoms with van der Waals surface area (Å²) < 4.78 is 45.5. The van der Waals surface area contributed by atoms with Crippen molar-refractivity contribution in [2.24, 2.45) is 5.16 Å². The molecule has 1 saturated heterocycles. The van der Waals surface area contributed by atoms with Gasteiger partial charge in [0.25, 0.3) is 11.8 Å². The maximum Gasteiger partial charge on any atom is 0.514 e. The minimum absolute atomic E-state index is 0.0122. The largest absolute Gasteiger partial charge is 0.514 e. The lowest BCUT2D eigenvalue weighted by molar-refractivity contribution is -0.0655. The summed E-state index contributed by atoms with van der Waals surface area (Å²) in [4.78, 5) is 62.3. The Morgan fingerprint density at radius 1 is 1.02 bits per heavy atom. The molecule has 0 saturated carbocycles. The van der Waals surface area contributed by atoms with Crippen molar-refractivity contribution in [3.63, 3.8) is 0 Å². The number of hydrogen-bond donors (Lipinski definition) is 1. The number of nitrogens with zero attached hydrogens (tertiary/aromatic N) is 3. The van der Waals surface area contributed by atoms with E-state index in [-0.39, 0.29) is 43.4 Å². The second kappa shape index (κ2) is 18.5. The van der Waals surface area contributed by atoms with Crippen LogP contribution in [0.5, 0.6) is 5.75 Å². The third-order valence-corrected chi connectivity index (χ3v) is 10.6. The van der Waals surface area contributed by atoms with E-state index in [1.54, 1.807) is 4.90 Å². The number of ether oxygens (including phenoxy) is 3. The SMILES string of the molecule is CCCCCCCCCCCCCCOC(=O)Oc1c2n(cc(C(=O)NCc3ccc(F)cc3F)c1=O)[C@@H]1CN(C2=O)[C@@H](C)CC[C@]12CC(OC)=NO2. The van der Waals surface area contributed by atoms with Gasteiger partial charge in [-0.25, -0.2) is 13.6 Å². The van der Waals surface area contributed by atoms with E-state index < -0.39 is 58.0 Å². The van der Waals surface area contributed by atoms with Crippen LogP contribution in [0.4, 0.5) is 13.6 Å². The van der Waals surface area contributed by atoms with Gasteiger partial charge in [-0.05, 0) is 32.3 Å². The van der Waals surface area contributed by atoms with E-state index in [4.69, 9.17) is 19.0 Å². The molecule has 1 aromatic heterocycles. The van der Waals surface area contributed by atoms with E-state index in [1.807, 2.05) is 6.92 Å². The first-order valence-electron chi connectivity index (χ1n) is 19.0. The van der Waals surface area contributed by atoms with E-state index in [0.29, 0.717) is 31.2 Å². The van der Waals surface area contributed by atoms with E-state index in [9.17, 15) is 28.0 Å². The molecule has 0 unspecified atom stereocenters. The summed E-state index contributed by atoms with van der Waals surface area (Å²) in [6.45, 7) is 3.95. The fourth-order valence-electron chi connectivity index (χ4n) is 7.42. The van der Waals surface area contributed by atoms with E-state index in [0.717, 1.165) is 25.3 Å². The van der Waals surface area contributed by atoms with Crippen molar-refractivity contribution in [3.8, 4) is 5.75 Å². The number of halogens is 2. The summed E-state index contributed by atoms with van der Waals surface area (Å²) in [6, 6.07) is 1.99. The molecular weight excluding hydrogens is 690 g/mol. The van der Waals surface area contributed by atoms with Crippen LogP contribution in [-0.2, 0) is 20.9 Å². The molecule has 3 aliphatic heterocycles. The summed E-state index contributed by atoms with van der Waals surface area (Å²) in [5.74, 6) is -3.44. The summed E-state index contributed by atoms with van der Waals surface area (Å²) in [5, 5.41) is 6.61. The Balaban J connectivity index is 1.32. The number of rotatable bonds is 17. The standard InChI is InChI=1S/C39H52F2N4O8/c1-4-5-6-7-8-9-10-11-12-13-14-15-20-51-38(49)52-35-33-37(48)44-25-31(39(19-18-26(44)2)22-32(50-3)43-53-39)45(33)24-29(34(35)46)36(47)42-23-27-16-17-28(40)21-30(27)41/h16-17,21,24,26,31H,4-15,18-20,22-23,25H2,1-3H3,(H,42,47)/t26-,31+,39-/m0/s1. The second-order valence-corrected chi connectivity index (χ2v) is 14.3. The quantitative estimate of drug-likeness (QED) is 0.129. The highest BCUT2D eigenvalue weighted by molar-refractivity contribution is 6.00. The van der Waals surface area contributed by atoms with Crippen LogP contribution in [0.3, 0.4) is 0 Å². The number of fused-ring (bicyclic) bond motifs is 5. The van der Waals surface area contributed by atoms with E-state index in [2.05, 4.69) is 17.4 Å². The molecule has 3 aliphatic rings. The molecular formula is C39H52F2N4O8. The van der Waals surface area contributed by atoms with Crippen LogP contribution in [0.2, 0.25) is 0 Å². The highest BCUT2D eigenvalue weighted by atomic mass is 19.1. The number of carbonyl (C=O) groups excluding carboxylic acids is 3. The number of nitrogens with one attached hydrogen (secondary N) is 1. The van der Waals surface area contributed by atoms with Crippen LogP contribution in [0.25, 0.3) is 0 Å². The third kappa shape index (κ3) is 9.55. The zero-order chi connectivity index (χ0) is 38.0. The van der Waals surface area contributed by atoms with Crippen LogP contribution < -0.4 is 15.5 Å². The van der Waals surface area contributed by atoms with Gasteiger partial charge in [0.05, 0.1) is 26.2 Å². The average molecular weight is 743 g/mol. The molecule has 1 fully saturated rings. The van der Waals surface area contributed by atoms with Gasteiger partial charge < -0.3 is 33.8 Å². The molecule has 3 atom stereocenters. The van der Waals surface area contributed by atoms with Crippen molar-refractivity contribution in [2.75, 3.05) is 20.3 Å². The Morgan fingerprint density at radius 2 is 1.70 bits per heavy atom. The van der Waals surface area contributed by atoms with Crippen LogP contribution >= 0.6 is 0 Å². The highest BCUT2D eigenvalue weighted by Gasteiger charge is 2.55. The predicted molar refractivity (Wildman–Crippen MR) is 193 cm³/mol. The second-order valence-electron chi connectivity index (χ2n) is 14.3. The molecule has 2 bridgehead atoms. The molecule has 0 radical (unpaired) electrons. The molecule has 2 aromatic rings. The Hall–Kier alpha value is -4.49. The summed E-state index contributed by atoms with van der Waals surface area (Å²) >= 11 is 0. The molecule has 53 heavy (non-hydrogen) atoms. The summed E-state index contributed by atoms with van der Waals surface area (Å²) in [5.41, 5.74) is -2.72. The average Bonchev–Trinajstić information content (AvgIpc) is 3.52. The van der Waals surface area contributed by atoms with Gasteiger partial charge in [-0.15, -0.1) is 0 Å². The number of unbranched alkanes of at least 4 members (excludes halogenated alkanes) is 11. The molecule has 1 aromatic carbocycles. The molecule has 0 aliphatic carbocycles. The van der Waals surface area contributed by atoms with Gasteiger partial charge >= 0.3 is 6.16 Å². The molecule has 14 heteroatoms. The van der Waals surface area contributed by atoms with Gasteiger partial charge in [0.15, 0.2) is 11.3 Å². The first-order valence-corrected chi connectivity index (χ1v) is 19.0. The van der Waals surface area contributed by atoms with E-state index >= 15 is 0 Å². The maximum atomic E-state index is 14.4. The molecule has 5 rings (SSSR count). The summed E-state index contributed by atoms with van der Waals surface area (Å²) in [6.07, 6.45) is 15.0. The summed E-state index contributed by atoms with van der Waals surface area (Å²) in [7, 11) is 1.48. The van der Waals surface area contributed by atoms with Gasteiger partial charge in [0.1, 0.15) is 17.2 Å². The molecule has 2 amide bonds. The number of hydrogen-bond acceptors (Lipinski definition) is 9. The lowest BCUT2D eigenvalue weighted by Crippen LogP contribution is -2.52. The Labute approximate surface area is 309 Å². The van der Waals surface area contributed by atoms with Gasteiger partial charge in [0.2, 0.25) is 17.1 Å². The topological polar surface area (TPSA) is 138 Å². The molecule has 12 nitrogen and oxygen atoms in total. The van der Waals surface area contributed by atoms with Gasteiger partial charge in [-0.1, -0.05) is 88.8 Å². The Kier molecular flexibility index (Phi) is 13.9. The molecule has 1 N–H and O–H groups in total. The van der Waals surface area contributed by atoms with Crippen molar-refractivity contribution >= 4 is 23.9 Å². The van der Waals surface area contributed by atoms with Gasteiger partial charge in [-0.2, -0.15) is 0 Å². The van der Waals surface area contributed by atoms with Crippen LogP contribution in [0.15, 0.2) is 34.3 Å². The fourth-order valence-corrected chi connectivity index (χ4v) is 7.42. The number of aromatic nitrogens is 1. The number of methoxy groups -OCH3 is 1. The third-order valence-electron chi connectivity index (χ3n) is 10.6. The van der Waals surface area contributed by atoms with Crippen molar-refractivity contribution in [3.05, 3.63) is 63.1 Å². The van der Waals surface area contributed by atoms with E-state index in [1.165, 1.54) is 75.3 Å². The first kappa shape index (κ1) is 39.7. The van der Waals surface area contributed by atoms with Crippen LogP contribution in [0.1, 0.15) is 143 Å². The predicted octanol–water partition coefficient (Wildman–Crippen LogP) is 7.57. The lowest BCUT2D eigenvalue weighted by atomic mass is 9.85. The maximum absolute atomic E-state index is 14.4. The molecule has 4 heterocycles. The Morgan fingerprint density at radius 3 is 2.34 bits per heavy atom. The highest BCUT2D eigenvalue weighted by Crippen LogP contribution is 2.46. The van der Waals surface area contributed by atoms with Crippen LogP contribution in [-0.4, -0.2) is 65.2 Å². The number of carbonyl (C=O) groups is 3. The first-order chi connectivity index (χ1) is 25.6. The Bertz CT molecular complexity index is 1710. The molecule has 290 valence electrons. The minimum Gasteiger partial charge on any atom is -0.482 e. The molecule has 1 spiro atoms. The number of oxime groups is 1. The zero-order valence-electron chi connectivity index (χ0n) is 31.1. The van der Waals surface area contributed by atoms with Crippen LogP contribution in [0, 0.1) is 11.6 Å². The van der Waals surface area contributed by atoms with Crippen molar-refractivity contribution in [1.29, 1.82) is 0 Å². The smallest absolute Gasteiger partial charge is 0.482 e. The van der Waals surface area contributed by atoms with Gasteiger partial charge in [-0.3, -0.25) is 14.4 Å². The van der Waals surface area contributed by atoms with Crippen molar-refractivity contribution < 1.29 is 42.2 Å². The lowest BCUT2D eigenvalue weighted by Gasteiger charge is -2.41. The van der Waals surface area contributed by atoms with Crippen molar-refractivity contribution in [1.82, 2.24) is 14.8 Å².